The number of rotatable bonds is 3. The lowest BCUT2D eigenvalue weighted by molar-refractivity contribution is 0.102. The van der Waals surface area contributed by atoms with Crippen LogP contribution < -0.4 is 10.6 Å². The number of carbonyl (C=O) groups excluding carboxylic acids is 1. The van der Waals surface area contributed by atoms with Crippen LogP contribution in [0.4, 0.5) is 5.82 Å². The predicted octanol–water partition coefficient (Wildman–Crippen LogP) is 3.18. The van der Waals surface area contributed by atoms with Crippen LogP contribution in [-0.4, -0.2) is 27.4 Å². The molecule has 3 aromatic heterocycles. The number of nitrogens with zero attached hydrogens (tertiary/aromatic N) is 3. The highest BCUT2D eigenvalue weighted by atomic mass is 16.3. The molecule has 5 rings (SSSR count). The quantitative estimate of drug-likeness (QED) is 0.575. The molecule has 1 aromatic carbocycles. The van der Waals surface area contributed by atoms with Crippen LogP contribution in [0.15, 0.2) is 59.7 Å². The minimum Gasteiger partial charge on any atom is -0.443 e. The van der Waals surface area contributed by atoms with E-state index in [0.29, 0.717) is 17.1 Å². The second-order valence-corrected chi connectivity index (χ2v) is 6.72. The van der Waals surface area contributed by atoms with E-state index >= 15 is 0 Å². The molecule has 1 aliphatic heterocycles. The molecule has 1 aliphatic rings. The minimum absolute atomic E-state index is 0.181. The van der Waals surface area contributed by atoms with Crippen molar-refractivity contribution in [2.45, 2.75) is 13.0 Å². The standard InChI is InChI=1S/C21H17N5O2/c27-21(14-2-1-13-3-4-22-8-16(13)5-14)26-20-7-15-6-17(19-11-23-12-28-19)9-24-18(15)10-25-20/h1-2,5-7,9-12,22H,3-4,8H2,(H,25,26,27). The maximum Gasteiger partial charge on any atom is 0.256 e. The summed E-state index contributed by atoms with van der Waals surface area (Å²) in [5.41, 5.74) is 4.64. The normalized spacial score (nSPS) is 13.3. The number of anilines is 1. The molecular weight excluding hydrogens is 354 g/mol. The van der Waals surface area contributed by atoms with Crippen LogP contribution in [0.2, 0.25) is 0 Å². The average molecular weight is 371 g/mol. The fraction of sp³-hybridized carbons (Fsp3) is 0.143. The number of benzene rings is 1. The van der Waals surface area contributed by atoms with Gasteiger partial charge in [-0.15, -0.1) is 0 Å². The van der Waals surface area contributed by atoms with Gasteiger partial charge in [-0.3, -0.25) is 9.78 Å². The zero-order valence-electron chi connectivity index (χ0n) is 15.0. The third-order valence-electron chi connectivity index (χ3n) is 4.88. The SMILES string of the molecule is O=C(Nc1cc2cc(-c3cnco3)cnc2cn1)c1ccc2c(c1)CNCC2. The lowest BCUT2D eigenvalue weighted by atomic mass is 9.98. The zero-order valence-corrected chi connectivity index (χ0v) is 15.0. The molecule has 7 nitrogen and oxygen atoms in total. The second kappa shape index (κ2) is 6.86. The first-order valence-electron chi connectivity index (χ1n) is 9.05. The van der Waals surface area contributed by atoms with Crippen molar-refractivity contribution in [1.82, 2.24) is 20.3 Å². The van der Waals surface area contributed by atoms with Crippen molar-refractivity contribution >= 4 is 22.6 Å². The number of aromatic nitrogens is 3. The number of hydrogen-bond donors (Lipinski definition) is 2. The summed E-state index contributed by atoms with van der Waals surface area (Å²) < 4.78 is 5.32. The highest BCUT2D eigenvalue weighted by molar-refractivity contribution is 6.04. The topological polar surface area (TPSA) is 92.9 Å². The molecule has 0 aliphatic carbocycles. The Hall–Kier alpha value is -3.58. The van der Waals surface area contributed by atoms with Crippen molar-refractivity contribution in [3.63, 3.8) is 0 Å². The van der Waals surface area contributed by atoms with Gasteiger partial charge in [0.2, 0.25) is 0 Å². The van der Waals surface area contributed by atoms with Crippen LogP contribution in [0, 0.1) is 0 Å². The van der Waals surface area contributed by atoms with E-state index < -0.39 is 0 Å². The number of fused-ring (bicyclic) bond motifs is 2. The van der Waals surface area contributed by atoms with Gasteiger partial charge in [0.15, 0.2) is 12.2 Å². The van der Waals surface area contributed by atoms with Gasteiger partial charge in [-0.2, -0.15) is 0 Å². The Bertz CT molecular complexity index is 1170. The summed E-state index contributed by atoms with van der Waals surface area (Å²) in [5, 5.41) is 7.06. The van der Waals surface area contributed by atoms with Crippen LogP contribution >= 0.6 is 0 Å². The Morgan fingerprint density at radius 2 is 2.04 bits per heavy atom. The van der Waals surface area contributed by atoms with Gasteiger partial charge in [0.25, 0.3) is 5.91 Å². The summed E-state index contributed by atoms with van der Waals surface area (Å²) >= 11 is 0. The van der Waals surface area contributed by atoms with Crippen molar-refractivity contribution in [2.75, 3.05) is 11.9 Å². The smallest absolute Gasteiger partial charge is 0.256 e. The molecule has 4 aromatic rings. The number of oxazole rings is 1. The van der Waals surface area contributed by atoms with Crippen molar-refractivity contribution < 1.29 is 9.21 Å². The van der Waals surface area contributed by atoms with E-state index in [9.17, 15) is 4.79 Å². The lowest BCUT2D eigenvalue weighted by Gasteiger charge is -2.17. The highest BCUT2D eigenvalue weighted by Crippen LogP contribution is 2.24. The third kappa shape index (κ3) is 3.12. The summed E-state index contributed by atoms with van der Waals surface area (Å²) in [6, 6.07) is 9.59. The van der Waals surface area contributed by atoms with Crippen LogP contribution in [0.3, 0.4) is 0 Å². The number of hydrogen-bond acceptors (Lipinski definition) is 6. The first-order valence-corrected chi connectivity index (χ1v) is 9.05. The molecule has 28 heavy (non-hydrogen) atoms. The van der Waals surface area contributed by atoms with Gasteiger partial charge in [-0.25, -0.2) is 9.97 Å². The van der Waals surface area contributed by atoms with Crippen molar-refractivity contribution in [3.05, 3.63) is 72.0 Å². The molecule has 0 fully saturated rings. The molecule has 0 radical (unpaired) electrons. The van der Waals surface area contributed by atoms with Gasteiger partial charge in [0.05, 0.1) is 17.9 Å². The largest absolute Gasteiger partial charge is 0.443 e. The first kappa shape index (κ1) is 16.6. The van der Waals surface area contributed by atoms with Gasteiger partial charge in [-0.1, -0.05) is 6.07 Å². The number of pyridine rings is 2. The van der Waals surface area contributed by atoms with E-state index in [1.165, 1.54) is 17.5 Å². The van der Waals surface area contributed by atoms with Gasteiger partial charge in [0.1, 0.15) is 5.82 Å². The Balaban J connectivity index is 1.42. The van der Waals surface area contributed by atoms with Crippen molar-refractivity contribution in [3.8, 4) is 11.3 Å². The Kier molecular flexibility index (Phi) is 4.06. The van der Waals surface area contributed by atoms with E-state index in [0.717, 1.165) is 36.0 Å². The number of amides is 1. The van der Waals surface area contributed by atoms with E-state index in [4.69, 9.17) is 4.42 Å². The molecule has 0 unspecified atom stereocenters. The van der Waals surface area contributed by atoms with Crippen LogP contribution in [-0.2, 0) is 13.0 Å². The van der Waals surface area contributed by atoms with E-state index in [-0.39, 0.29) is 5.91 Å². The van der Waals surface area contributed by atoms with Crippen LogP contribution in [0.25, 0.3) is 22.2 Å². The van der Waals surface area contributed by atoms with E-state index in [1.807, 2.05) is 24.3 Å². The van der Waals surface area contributed by atoms with Crippen molar-refractivity contribution in [1.29, 1.82) is 0 Å². The fourth-order valence-electron chi connectivity index (χ4n) is 3.40. The van der Waals surface area contributed by atoms with Crippen LogP contribution in [0.1, 0.15) is 21.5 Å². The summed E-state index contributed by atoms with van der Waals surface area (Å²) in [6.45, 7) is 1.77. The summed E-state index contributed by atoms with van der Waals surface area (Å²) in [4.78, 5) is 25.3. The molecule has 0 saturated carbocycles. The van der Waals surface area contributed by atoms with Gasteiger partial charge < -0.3 is 15.1 Å². The zero-order chi connectivity index (χ0) is 18.9. The molecule has 138 valence electrons. The van der Waals surface area contributed by atoms with Gasteiger partial charge in [-0.05, 0) is 48.4 Å². The summed E-state index contributed by atoms with van der Waals surface area (Å²) in [7, 11) is 0. The van der Waals surface area contributed by atoms with Crippen molar-refractivity contribution in [2.24, 2.45) is 0 Å². The Morgan fingerprint density at radius 3 is 2.93 bits per heavy atom. The molecular formula is C21H17N5O2. The third-order valence-corrected chi connectivity index (χ3v) is 4.88. The monoisotopic (exact) mass is 371 g/mol. The van der Waals surface area contributed by atoms with Gasteiger partial charge >= 0.3 is 0 Å². The second-order valence-electron chi connectivity index (χ2n) is 6.72. The fourth-order valence-corrected chi connectivity index (χ4v) is 3.40. The summed E-state index contributed by atoms with van der Waals surface area (Å²) in [6.07, 6.45) is 7.36. The molecule has 0 saturated heterocycles. The average Bonchev–Trinajstić information content (AvgIpc) is 3.28. The molecule has 0 atom stereocenters. The highest BCUT2D eigenvalue weighted by Gasteiger charge is 2.13. The first-order chi connectivity index (χ1) is 13.8. The molecule has 1 amide bonds. The summed E-state index contributed by atoms with van der Waals surface area (Å²) in [5.74, 6) is 0.934. The predicted molar refractivity (Wildman–Crippen MR) is 105 cm³/mol. The van der Waals surface area contributed by atoms with Crippen LogP contribution in [0.5, 0.6) is 0 Å². The maximum atomic E-state index is 12.7. The van der Waals surface area contributed by atoms with E-state index in [1.54, 1.807) is 24.7 Å². The van der Waals surface area contributed by atoms with Gasteiger partial charge in [0, 0.05) is 29.3 Å². The van der Waals surface area contributed by atoms with E-state index in [2.05, 4.69) is 25.6 Å². The minimum atomic E-state index is -0.181. The molecule has 7 heteroatoms. The Morgan fingerprint density at radius 1 is 1.07 bits per heavy atom. The lowest BCUT2D eigenvalue weighted by Crippen LogP contribution is -2.24. The molecule has 2 N–H and O–H groups in total. The Labute approximate surface area is 160 Å². The number of carbonyl (C=O) groups is 1. The maximum absolute atomic E-state index is 12.7. The molecule has 0 spiro atoms. The number of nitrogens with one attached hydrogen (secondary N) is 2. The molecule has 0 bridgehead atoms. The molecule has 4 heterocycles.